The van der Waals surface area contributed by atoms with Gasteiger partial charge in [0.1, 0.15) is 0 Å². The topological polar surface area (TPSA) is 12.9 Å². The minimum atomic E-state index is 0.0519. The van der Waals surface area contributed by atoms with E-state index in [2.05, 4.69) is 114 Å². The monoisotopic (exact) mass is 431 g/mol. The molecule has 1 nitrogen and oxygen atoms in total. The third-order valence-corrected chi connectivity index (χ3v) is 6.50. The van der Waals surface area contributed by atoms with E-state index in [1.165, 1.54) is 49.0 Å². The second kappa shape index (κ2) is 7.70. The van der Waals surface area contributed by atoms with Crippen molar-refractivity contribution in [3.05, 3.63) is 90.1 Å². The summed E-state index contributed by atoms with van der Waals surface area (Å²) < 4.78 is 0. The third-order valence-electron chi connectivity index (χ3n) is 6.50. The fourth-order valence-electron chi connectivity index (χ4n) is 5.07. The molecule has 166 valence electrons. The molecule has 4 aromatic carbocycles. The molecule has 0 spiro atoms. The standard InChI is InChI=1S/C32H33N/c1-31(2,3)20-21-11-13-25-23(17-21)12-14-28-27(25)15-16-33-30(28)24-18-22-9-7-8-10-26(22)29(19-24)32(4,5)6/h7-19H,20H2,1-6H3. The van der Waals surface area contributed by atoms with E-state index in [1.807, 2.05) is 6.20 Å². The van der Waals surface area contributed by atoms with Gasteiger partial charge in [-0.25, -0.2) is 0 Å². The largest absolute Gasteiger partial charge is 0.256 e. The van der Waals surface area contributed by atoms with Crippen LogP contribution in [0.15, 0.2) is 79.0 Å². The smallest absolute Gasteiger partial charge is 0.0780 e. The Morgan fingerprint density at radius 1 is 0.636 bits per heavy atom. The molecule has 0 aliphatic rings. The first-order valence-corrected chi connectivity index (χ1v) is 11.9. The van der Waals surface area contributed by atoms with Gasteiger partial charge < -0.3 is 0 Å². The number of fused-ring (bicyclic) bond motifs is 4. The number of hydrogen-bond acceptors (Lipinski definition) is 1. The number of nitrogens with zero attached hydrogens (tertiary/aromatic N) is 1. The number of hydrogen-bond donors (Lipinski definition) is 0. The van der Waals surface area contributed by atoms with Gasteiger partial charge in [-0.2, -0.15) is 0 Å². The van der Waals surface area contributed by atoms with Crippen LogP contribution in [0.25, 0.3) is 43.6 Å². The van der Waals surface area contributed by atoms with Gasteiger partial charge in [-0.1, -0.05) is 96.1 Å². The van der Waals surface area contributed by atoms with E-state index in [0.717, 1.165) is 12.1 Å². The van der Waals surface area contributed by atoms with E-state index in [9.17, 15) is 0 Å². The number of aromatic nitrogens is 1. The van der Waals surface area contributed by atoms with Crippen LogP contribution in [0.5, 0.6) is 0 Å². The second-order valence-electron chi connectivity index (χ2n) is 11.6. The van der Waals surface area contributed by atoms with Crippen molar-refractivity contribution in [2.24, 2.45) is 5.41 Å². The lowest BCUT2D eigenvalue weighted by Crippen LogP contribution is -2.12. The molecule has 0 bridgehead atoms. The van der Waals surface area contributed by atoms with Crippen LogP contribution < -0.4 is 0 Å². The van der Waals surface area contributed by atoms with Crippen molar-refractivity contribution in [3.8, 4) is 11.3 Å². The van der Waals surface area contributed by atoms with Crippen LogP contribution in [0.4, 0.5) is 0 Å². The minimum Gasteiger partial charge on any atom is -0.256 e. The van der Waals surface area contributed by atoms with E-state index in [0.29, 0.717) is 0 Å². The number of pyridine rings is 1. The fraction of sp³-hybridized carbons (Fsp3) is 0.281. The molecule has 0 N–H and O–H groups in total. The highest BCUT2D eigenvalue weighted by atomic mass is 14.7. The first-order chi connectivity index (χ1) is 15.6. The van der Waals surface area contributed by atoms with Crippen molar-refractivity contribution in [1.82, 2.24) is 4.98 Å². The van der Waals surface area contributed by atoms with Crippen molar-refractivity contribution in [2.75, 3.05) is 0 Å². The second-order valence-corrected chi connectivity index (χ2v) is 11.6. The molecule has 1 aromatic heterocycles. The Morgan fingerprint density at radius 2 is 1.36 bits per heavy atom. The number of rotatable bonds is 2. The summed E-state index contributed by atoms with van der Waals surface area (Å²) in [6, 6.07) is 27.0. The molecule has 0 saturated heterocycles. The van der Waals surface area contributed by atoms with Crippen LogP contribution in [0.1, 0.15) is 52.7 Å². The summed E-state index contributed by atoms with van der Waals surface area (Å²) in [4.78, 5) is 4.88. The lowest BCUT2D eigenvalue weighted by atomic mass is 9.82. The molecular weight excluding hydrogens is 398 g/mol. The average molecular weight is 432 g/mol. The van der Waals surface area contributed by atoms with Gasteiger partial charge in [-0.3, -0.25) is 4.98 Å². The van der Waals surface area contributed by atoms with E-state index >= 15 is 0 Å². The molecular formula is C32H33N. The molecule has 0 unspecified atom stereocenters. The Morgan fingerprint density at radius 3 is 2.12 bits per heavy atom. The molecule has 0 aliphatic carbocycles. The summed E-state index contributed by atoms with van der Waals surface area (Å²) in [5.74, 6) is 0. The summed E-state index contributed by atoms with van der Waals surface area (Å²) in [6.45, 7) is 13.8. The highest BCUT2D eigenvalue weighted by Gasteiger charge is 2.19. The Balaban J connectivity index is 1.72. The van der Waals surface area contributed by atoms with Gasteiger partial charge in [0.05, 0.1) is 5.69 Å². The average Bonchev–Trinajstić information content (AvgIpc) is 2.75. The molecule has 1 heteroatoms. The first-order valence-electron chi connectivity index (χ1n) is 11.9. The van der Waals surface area contributed by atoms with Crippen LogP contribution in [0.2, 0.25) is 0 Å². The summed E-state index contributed by atoms with van der Waals surface area (Å²) in [6.07, 6.45) is 3.04. The van der Waals surface area contributed by atoms with Crippen LogP contribution >= 0.6 is 0 Å². The first kappa shape index (κ1) is 21.6. The maximum Gasteiger partial charge on any atom is 0.0780 e. The van der Waals surface area contributed by atoms with Gasteiger partial charge in [-0.05, 0) is 73.5 Å². The molecule has 0 saturated carbocycles. The zero-order valence-corrected chi connectivity index (χ0v) is 20.7. The van der Waals surface area contributed by atoms with Crippen molar-refractivity contribution in [3.63, 3.8) is 0 Å². The summed E-state index contributed by atoms with van der Waals surface area (Å²) in [7, 11) is 0. The van der Waals surface area contributed by atoms with Gasteiger partial charge in [-0.15, -0.1) is 0 Å². The van der Waals surface area contributed by atoms with Gasteiger partial charge in [0.2, 0.25) is 0 Å². The van der Waals surface area contributed by atoms with Crippen molar-refractivity contribution in [2.45, 2.75) is 53.4 Å². The predicted molar refractivity (Wildman–Crippen MR) is 144 cm³/mol. The molecule has 0 aliphatic heterocycles. The SMILES string of the molecule is CC(C)(C)Cc1ccc2c(ccc3c(-c4cc(C(C)(C)C)c5ccccc5c4)nccc32)c1. The van der Waals surface area contributed by atoms with Crippen molar-refractivity contribution >= 4 is 32.3 Å². The normalized spacial score (nSPS) is 12.7. The molecule has 1 heterocycles. The Hall–Kier alpha value is -3.19. The summed E-state index contributed by atoms with van der Waals surface area (Å²) in [5, 5.41) is 7.67. The third kappa shape index (κ3) is 4.13. The Bertz CT molecular complexity index is 1490. The molecule has 5 rings (SSSR count). The van der Waals surface area contributed by atoms with Gasteiger partial charge in [0, 0.05) is 17.1 Å². The van der Waals surface area contributed by atoms with Crippen molar-refractivity contribution in [1.29, 1.82) is 0 Å². The molecule has 0 radical (unpaired) electrons. The highest BCUT2D eigenvalue weighted by molar-refractivity contribution is 6.11. The van der Waals surface area contributed by atoms with E-state index in [4.69, 9.17) is 4.98 Å². The van der Waals surface area contributed by atoms with E-state index < -0.39 is 0 Å². The van der Waals surface area contributed by atoms with Crippen LogP contribution in [0, 0.1) is 5.41 Å². The van der Waals surface area contributed by atoms with Gasteiger partial charge in [0.15, 0.2) is 0 Å². The molecule has 0 fully saturated rings. The van der Waals surface area contributed by atoms with E-state index in [1.54, 1.807) is 0 Å². The zero-order chi connectivity index (χ0) is 23.4. The lowest BCUT2D eigenvalue weighted by molar-refractivity contribution is 0.411. The van der Waals surface area contributed by atoms with Crippen molar-refractivity contribution < 1.29 is 0 Å². The maximum atomic E-state index is 4.88. The lowest BCUT2D eigenvalue weighted by Gasteiger charge is -2.23. The quantitative estimate of drug-likeness (QED) is 0.254. The molecule has 0 atom stereocenters. The Labute approximate surface area is 197 Å². The highest BCUT2D eigenvalue weighted by Crippen LogP contribution is 2.38. The maximum absolute atomic E-state index is 4.88. The van der Waals surface area contributed by atoms with Gasteiger partial charge >= 0.3 is 0 Å². The fourth-order valence-corrected chi connectivity index (χ4v) is 5.07. The summed E-state index contributed by atoms with van der Waals surface area (Å²) in [5.41, 5.74) is 5.34. The summed E-state index contributed by atoms with van der Waals surface area (Å²) >= 11 is 0. The Kier molecular flexibility index (Phi) is 5.05. The molecule has 0 amide bonds. The predicted octanol–water partition coefficient (Wildman–Crippen LogP) is 9.09. The van der Waals surface area contributed by atoms with Gasteiger partial charge in [0.25, 0.3) is 0 Å². The van der Waals surface area contributed by atoms with Crippen LogP contribution in [-0.2, 0) is 11.8 Å². The van der Waals surface area contributed by atoms with Crippen LogP contribution in [0.3, 0.4) is 0 Å². The molecule has 5 aromatic rings. The molecule has 33 heavy (non-hydrogen) atoms. The zero-order valence-electron chi connectivity index (χ0n) is 20.7. The van der Waals surface area contributed by atoms with Crippen LogP contribution in [-0.4, -0.2) is 4.98 Å². The number of benzene rings is 4. The minimum absolute atomic E-state index is 0.0519. The van der Waals surface area contributed by atoms with E-state index in [-0.39, 0.29) is 10.8 Å².